The highest BCUT2D eigenvalue weighted by molar-refractivity contribution is 5.34. The predicted octanol–water partition coefficient (Wildman–Crippen LogP) is 3.45. The van der Waals surface area contributed by atoms with Crippen LogP contribution in [-0.4, -0.2) is 13.2 Å². The number of rotatable bonds is 9. The summed E-state index contributed by atoms with van der Waals surface area (Å²) in [5.74, 6) is 0.516. The molecule has 0 bridgehead atoms. The minimum Gasteiger partial charge on any atom is -0.493 e. The van der Waals surface area contributed by atoms with Crippen molar-refractivity contribution in [2.45, 2.75) is 32.1 Å². The van der Waals surface area contributed by atoms with Gasteiger partial charge in [0.2, 0.25) is 0 Å². The zero-order chi connectivity index (χ0) is 13.2. The highest BCUT2D eigenvalue weighted by Gasteiger charge is 2.04. The van der Waals surface area contributed by atoms with Gasteiger partial charge in [-0.05, 0) is 62.4 Å². The van der Waals surface area contributed by atoms with Crippen LogP contribution in [-0.2, 0) is 6.42 Å². The van der Waals surface area contributed by atoms with Crippen LogP contribution < -0.4 is 10.5 Å². The van der Waals surface area contributed by atoms with Gasteiger partial charge in [-0.3, -0.25) is 0 Å². The summed E-state index contributed by atoms with van der Waals surface area (Å²) in [5.41, 5.74) is 6.35. The van der Waals surface area contributed by atoms with E-state index in [1.807, 2.05) is 6.08 Å². The summed E-state index contributed by atoms with van der Waals surface area (Å²) in [6, 6.07) is 4.61. The highest BCUT2D eigenvalue weighted by atomic mass is 19.1. The number of nitrogens with two attached hydrogens (primary N) is 1. The molecule has 0 heterocycles. The van der Waals surface area contributed by atoms with E-state index in [4.69, 9.17) is 10.5 Å². The molecule has 0 spiro atoms. The smallest absolute Gasteiger partial charge is 0.123 e. The Hall–Kier alpha value is -1.35. The summed E-state index contributed by atoms with van der Waals surface area (Å²) < 4.78 is 18.8. The Kier molecular flexibility index (Phi) is 7.11. The van der Waals surface area contributed by atoms with Crippen molar-refractivity contribution in [2.24, 2.45) is 5.73 Å². The minimum absolute atomic E-state index is 0.239. The minimum atomic E-state index is -0.239. The van der Waals surface area contributed by atoms with Gasteiger partial charge >= 0.3 is 0 Å². The van der Waals surface area contributed by atoms with E-state index in [0.29, 0.717) is 19.6 Å². The fourth-order valence-corrected chi connectivity index (χ4v) is 1.79. The fourth-order valence-electron chi connectivity index (χ4n) is 1.79. The molecule has 2 N–H and O–H groups in total. The number of ether oxygens (including phenoxy) is 1. The van der Waals surface area contributed by atoms with Gasteiger partial charge in [-0.2, -0.15) is 0 Å². The van der Waals surface area contributed by atoms with Crippen molar-refractivity contribution in [1.82, 2.24) is 0 Å². The van der Waals surface area contributed by atoms with E-state index in [1.165, 1.54) is 12.1 Å². The molecule has 0 saturated heterocycles. The zero-order valence-corrected chi connectivity index (χ0v) is 10.8. The highest BCUT2D eigenvalue weighted by Crippen LogP contribution is 2.20. The molecule has 0 amide bonds. The van der Waals surface area contributed by atoms with Crippen LogP contribution in [0.5, 0.6) is 5.75 Å². The Morgan fingerprint density at radius 3 is 2.83 bits per heavy atom. The van der Waals surface area contributed by atoms with Crippen molar-refractivity contribution in [3.05, 3.63) is 42.2 Å². The standard InChI is InChI=1S/C15H22FNO/c1-2-3-4-5-6-11-18-15-8-7-14(16)12-13(15)9-10-17/h2,7-8,12H,1,3-6,9-11,17H2. The third kappa shape index (κ3) is 5.32. The number of hydrogen-bond acceptors (Lipinski definition) is 2. The average molecular weight is 251 g/mol. The molecule has 100 valence electrons. The van der Waals surface area contributed by atoms with Crippen molar-refractivity contribution in [3.8, 4) is 5.75 Å². The summed E-state index contributed by atoms with van der Waals surface area (Å²) in [4.78, 5) is 0. The van der Waals surface area contributed by atoms with Crippen molar-refractivity contribution < 1.29 is 9.13 Å². The van der Waals surface area contributed by atoms with E-state index in [2.05, 4.69) is 6.58 Å². The SMILES string of the molecule is C=CCCCCCOc1ccc(F)cc1CCN. The van der Waals surface area contributed by atoms with Crippen LogP contribution in [0.15, 0.2) is 30.9 Å². The van der Waals surface area contributed by atoms with Gasteiger partial charge in [0.15, 0.2) is 0 Å². The topological polar surface area (TPSA) is 35.2 Å². The van der Waals surface area contributed by atoms with Gasteiger partial charge in [0.05, 0.1) is 6.61 Å². The maximum absolute atomic E-state index is 13.1. The van der Waals surface area contributed by atoms with Gasteiger partial charge in [-0.15, -0.1) is 6.58 Å². The molecule has 1 aromatic rings. The van der Waals surface area contributed by atoms with Gasteiger partial charge in [0.1, 0.15) is 11.6 Å². The third-order valence-corrected chi connectivity index (χ3v) is 2.75. The Balaban J connectivity index is 2.38. The zero-order valence-electron chi connectivity index (χ0n) is 10.8. The van der Waals surface area contributed by atoms with E-state index >= 15 is 0 Å². The number of unbranched alkanes of at least 4 members (excludes halogenated alkanes) is 3. The summed E-state index contributed by atoms with van der Waals surface area (Å²) >= 11 is 0. The van der Waals surface area contributed by atoms with E-state index < -0.39 is 0 Å². The molecule has 0 aliphatic rings. The van der Waals surface area contributed by atoms with E-state index in [0.717, 1.165) is 37.0 Å². The first-order chi connectivity index (χ1) is 8.77. The first-order valence-electron chi connectivity index (χ1n) is 6.50. The molecular formula is C15H22FNO. The van der Waals surface area contributed by atoms with Crippen molar-refractivity contribution in [3.63, 3.8) is 0 Å². The molecule has 0 radical (unpaired) electrons. The fraction of sp³-hybridized carbons (Fsp3) is 0.467. The molecule has 0 aliphatic carbocycles. The molecule has 0 fully saturated rings. The van der Waals surface area contributed by atoms with Crippen LogP contribution in [0.1, 0.15) is 31.2 Å². The second kappa shape index (κ2) is 8.70. The first kappa shape index (κ1) is 14.7. The average Bonchev–Trinajstić information content (AvgIpc) is 2.36. The largest absolute Gasteiger partial charge is 0.493 e. The van der Waals surface area contributed by atoms with Gasteiger partial charge in [-0.1, -0.05) is 6.08 Å². The molecule has 0 aromatic heterocycles. The predicted molar refractivity (Wildman–Crippen MR) is 73.3 cm³/mol. The molecule has 18 heavy (non-hydrogen) atoms. The van der Waals surface area contributed by atoms with Crippen molar-refractivity contribution >= 4 is 0 Å². The van der Waals surface area contributed by atoms with E-state index in [1.54, 1.807) is 6.07 Å². The molecule has 2 nitrogen and oxygen atoms in total. The Morgan fingerprint density at radius 2 is 2.11 bits per heavy atom. The molecular weight excluding hydrogens is 229 g/mol. The molecule has 0 saturated carbocycles. The molecule has 1 aromatic carbocycles. The van der Waals surface area contributed by atoms with Crippen LogP contribution in [0, 0.1) is 5.82 Å². The maximum Gasteiger partial charge on any atom is 0.123 e. The lowest BCUT2D eigenvalue weighted by molar-refractivity contribution is 0.302. The van der Waals surface area contributed by atoms with Gasteiger partial charge in [-0.25, -0.2) is 4.39 Å². The third-order valence-electron chi connectivity index (χ3n) is 2.75. The number of benzene rings is 1. The van der Waals surface area contributed by atoms with Gasteiger partial charge in [0, 0.05) is 0 Å². The number of allylic oxidation sites excluding steroid dienone is 1. The van der Waals surface area contributed by atoms with Gasteiger partial charge < -0.3 is 10.5 Å². The monoisotopic (exact) mass is 251 g/mol. The van der Waals surface area contributed by atoms with Crippen molar-refractivity contribution in [1.29, 1.82) is 0 Å². The summed E-state index contributed by atoms with van der Waals surface area (Å²) in [5, 5.41) is 0. The number of hydrogen-bond donors (Lipinski definition) is 1. The van der Waals surface area contributed by atoms with Crippen LogP contribution in [0.25, 0.3) is 0 Å². The Labute approximate surface area is 109 Å². The lowest BCUT2D eigenvalue weighted by atomic mass is 10.1. The summed E-state index contributed by atoms with van der Waals surface area (Å²) in [6.45, 7) is 4.85. The number of halogens is 1. The van der Waals surface area contributed by atoms with Gasteiger partial charge in [0.25, 0.3) is 0 Å². The van der Waals surface area contributed by atoms with Crippen LogP contribution in [0.4, 0.5) is 4.39 Å². The normalized spacial score (nSPS) is 10.3. The Morgan fingerprint density at radius 1 is 1.28 bits per heavy atom. The maximum atomic E-state index is 13.1. The van der Waals surface area contributed by atoms with E-state index in [9.17, 15) is 4.39 Å². The second-order valence-electron chi connectivity index (χ2n) is 4.28. The molecule has 1 rings (SSSR count). The van der Waals surface area contributed by atoms with Crippen LogP contribution in [0.3, 0.4) is 0 Å². The quantitative estimate of drug-likeness (QED) is 0.539. The molecule has 0 aliphatic heterocycles. The molecule has 3 heteroatoms. The van der Waals surface area contributed by atoms with Crippen LogP contribution >= 0.6 is 0 Å². The van der Waals surface area contributed by atoms with Crippen LogP contribution in [0.2, 0.25) is 0 Å². The second-order valence-corrected chi connectivity index (χ2v) is 4.28. The molecule has 0 unspecified atom stereocenters. The van der Waals surface area contributed by atoms with E-state index in [-0.39, 0.29) is 5.82 Å². The van der Waals surface area contributed by atoms with Crippen molar-refractivity contribution in [2.75, 3.05) is 13.2 Å². The summed E-state index contributed by atoms with van der Waals surface area (Å²) in [7, 11) is 0. The lowest BCUT2D eigenvalue weighted by Crippen LogP contribution is -2.06. The first-order valence-corrected chi connectivity index (χ1v) is 6.50. The Bertz CT molecular complexity index is 366. The molecule has 0 atom stereocenters. The lowest BCUT2D eigenvalue weighted by Gasteiger charge is -2.11. The summed E-state index contributed by atoms with van der Waals surface area (Å²) in [6.07, 6.45) is 6.90.